The number of hydrogen-bond donors (Lipinski definition) is 3. The standard InChI is InChI=1S/C15H23N3O8Se/c1-6(19)18-11-13(25-9(4)22)12(24-8(3)21)10(5-23-7(2)20)26-14(11)27-15(16)17/h10-14H,5H2,1-4H3,(H3,16,17)(H,18,19)/t10-,11-,12-,13-,14-/m1/s1. The van der Waals surface area contributed by atoms with Gasteiger partial charge in [-0.25, -0.2) is 0 Å². The van der Waals surface area contributed by atoms with Crippen molar-refractivity contribution in [1.82, 2.24) is 5.32 Å². The van der Waals surface area contributed by atoms with E-state index in [0.29, 0.717) is 0 Å². The molecular weight excluding hydrogens is 429 g/mol. The number of carbonyl (C=O) groups excluding carboxylic acids is 4. The monoisotopic (exact) mass is 453 g/mol. The first-order chi connectivity index (χ1) is 12.5. The van der Waals surface area contributed by atoms with Crippen molar-refractivity contribution < 1.29 is 38.1 Å². The normalized spacial score (nSPS) is 27.2. The van der Waals surface area contributed by atoms with Crippen molar-refractivity contribution in [3.8, 4) is 0 Å². The number of amides is 1. The predicted molar refractivity (Wildman–Crippen MR) is 91.7 cm³/mol. The first kappa shape index (κ1) is 22.9. The van der Waals surface area contributed by atoms with Crippen molar-refractivity contribution in [2.45, 2.75) is 57.1 Å². The molecule has 0 aromatic heterocycles. The molecule has 0 saturated carbocycles. The number of amidine groups is 1. The molecule has 11 nitrogen and oxygen atoms in total. The van der Waals surface area contributed by atoms with Crippen LogP contribution in [0.3, 0.4) is 0 Å². The fourth-order valence-electron chi connectivity index (χ4n) is 2.52. The molecule has 12 heteroatoms. The predicted octanol–water partition coefficient (Wildman–Crippen LogP) is -1.76. The van der Waals surface area contributed by atoms with E-state index in [4.69, 9.17) is 30.1 Å². The van der Waals surface area contributed by atoms with Gasteiger partial charge in [0.2, 0.25) is 0 Å². The summed E-state index contributed by atoms with van der Waals surface area (Å²) < 4.78 is 21.2. The third-order valence-corrected chi connectivity index (χ3v) is 5.18. The first-order valence-electron chi connectivity index (χ1n) is 7.92. The minimum atomic E-state index is -1.14. The summed E-state index contributed by atoms with van der Waals surface area (Å²) in [6, 6.07) is -0.909. The maximum atomic E-state index is 11.6. The SMILES string of the molecule is CC(=O)N[C@@H]1[C@@H](OC(C)=O)[C@H](OC(C)=O)[C@@H](COC(C)=O)O[C@@H]1[Se]C(=N)N. The first-order valence-corrected chi connectivity index (χ1v) is 9.76. The quantitative estimate of drug-likeness (QED) is 0.133. The van der Waals surface area contributed by atoms with Crippen LogP contribution in [0, 0.1) is 5.41 Å². The number of hydrogen-bond acceptors (Lipinski definition) is 9. The van der Waals surface area contributed by atoms with E-state index < -0.39 is 68.1 Å². The van der Waals surface area contributed by atoms with Crippen LogP contribution in [0.2, 0.25) is 0 Å². The number of rotatable bonds is 7. The number of ether oxygens (including phenoxy) is 4. The Morgan fingerprint density at radius 2 is 1.59 bits per heavy atom. The summed E-state index contributed by atoms with van der Waals surface area (Å²) in [6.07, 6.45) is -3.23. The van der Waals surface area contributed by atoms with Crippen LogP contribution in [-0.2, 0) is 38.1 Å². The van der Waals surface area contributed by atoms with Crippen LogP contribution in [0.1, 0.15) is 27.7 Å². The molecule has 0 aliphatic carbocycles. The summed E-state index contributed by atoms with van der Waals surface area (Å²) in [6.45, 7) is 4.51. The molecule has 1 saturated heterocycles. The second-order valence-corrected chi connectivity index (χ2v) is 8.09. The summed E-state index contributed by atoms with van der Waals surface area (Å²) in [7, 11) is 0. The summed E-state index contributed by atoms with van der Waals surface area (Å²) in [5.41, 5.74) is 5.49. The molecule has 152 valence electrons. The molecule has 0 bridgehead atoms. The van der Waals surface area contributed by atoms with E-state index in [2.05, 4.69) is 5.32 Å². The van der Waals surface area contributed by atoms with Crippen LogP contribution >= 0.6 is 0 Å². The van der Waals surface area contributed by atoms with Gasteiger partial charge in [-0.05, 0) is 0 Å². The fourth-order valence-corrected chi connectivity index (χ4v) is 4.23. The van der Waals surface area contributed by atoms with Crippen molar-refractivity contribution in [3.63, 3.8) is 0 Å². The second-order valence-electron chi connectivity index (χ2n) is 5.70. The number of carbonyl (C=O) groups is 4. The Bertz CT molecular complexity index is 614. The van der Waals surface area contributed by atoms with Crippen molar-refractivity contribution in [2.24, 2.45) is 5.73 Å². The van der Waals surface area contributed by atoms with Crippen molar-refractivity contribution in [3.05, 3.63) is 0 Å². The van der Waals surface area contributed by atoms with Crippen LogP contribution in [0.4, 0.5) is 0 Å². The Kier molecular flexibility index (Phi) is 8.67. The average Bonchev–Trinajstić information content (AvgIpc) is 2.49. The third-order valence-electron chi connectivity index (χ3n) is 3.31. The molecule has 0 spiro atoms. The Labute approximate surface area is 162 Å². The van der Waals surface area contributed by atoms with E-state index in [-0.39, 0.29) is 11.3 Å². The topological polar surface area (TPSA) is 167 Å². The molecule has 1 heterocycles. The molecular formula is C15H23N3O8Se. The molecule has 1 aliphatic rings. The number of esters is 3. The van der Waals surface area contributed by atoms with Gasteiger partial charge in [0.25, 0.3) is 0 Å². The molecule has 5 atom stereocenters. The van der Waals surface area contributed by atoms with Crippen molar-refractivity contribution in [2.75, 3.05) is 6.61 Å². The van der Waals surface area contributed by atoms with E-state index in [1.807, 2.05) is 0 Å². The second kappa shape index (κ2) is 10.2. The van der Waals surface area contributed by atoms with Crippen molar-refractivity contribution >= 4 is 43.5 Å². The van der Waals surface area contributed by atoms with E-state index in [9.17, 15) is 19.2 Å². The zero-order valence-electron chi connectivity index (χ0n) is 15.3. The van der Waals surface area contributed by atoms with Crippen LogP contribution in [0.5, 0.6) is 0 Å². The zero-order chi connectivity index (χ0) is 20.7. The number of nitrogens with one attached hydrogen (secondary N) is 2. The Balaban J connectivity index is 3.29. The Morgan fingerprint density at radius 1 is 1.04 bits per heavy atom. The summed E-state index contributed by atoms with van der Waals surface area (Å²) in [4.78, 5) is 46.0. The molecule has 0 radical (unpaired) electrons. The van der Waals surface area contributed by atoms with Crippen LogP contribution in [0.25, 0.3) is 0 Å². The molecule has 1 fully saturated rings. The van der Waals surface area contributed by atoms with E-state index in [1.54, 1.807) is 0 Å². The van der Waals surface area contributed by atoms with Gasteiger partial charge in [0.1, 0.15) is 0 Å². The molecule has 0 aromatic carbocycles. The van der Waals surface area contributed by atoms with Gasteiger partial charge >= 0.3 is 162 Å². The van der Waals surface area contributed by atoms with Crippen LogP contribution in [0.15, 0.2) is 0 Å². The average molecular weight is 452 g/mol. The zero-order valence-corrected chi connectivity index (χ0v) is 17.1. The van der Waals surface area contributed by atoms with Gasteiger partial charge < -0.3 is 0 Å². The maximum absolute atomic E-state index is 11.6. The number of nitrogens with two attached hydrogens (primary N) is 1. The molecule has 1 amide bonds. The van der Waals surface area contributed by atoms with Crippen LogP contribution in [-0.4, -0.2) is 79.5 Å². The van der Waals surface area contributed by atoms with Gasteiger partial charge in [-0.2, -0.15) is 0 Å². The molecule has 0 unspecified atom stereocenters. The molecule has 0 aromatic rings. The van der Waals surface area contributed by atoms with Crippen LogP contribution < -0.4 is 11.1 Å². The van der Waals surface area contributed by atoms with E-state index in [1.165, 1.54) is 13.8 Å². The van der Waals surface area contributed by atoms with Gasteiger partial charge in [-0.1, -0.05) is 0 Å². The molecule has 4 N–H and O–H groups in total. The van der Waals surface area contributed by atoms with Gasteiger partial charge in [0, 0.05) is 0 Å². The van der Waals surface area contributed by atoms with Gasteiger partial charge in [-0.3, -0.25) is 0 Å². The van der Waals surface area contributed by atoms with E-state index >= 15 is 0 Å². The Morgan fingerprint density at radius 3 is 2.04 bits per heavy atom. The summed E-state index contributed by atoms with van der Waals surface area (Å²) >= 11 is -0.735. The van der Waals surface area contributed by atoms with Gasteiger partial charge in [0.15, 0.2) is 0 Å². The molecule has 1 aliphatic heterocycles. The van der Waals surface area contributed by atoms with Crippen molar-refractivity contribution in [1.29, 1.82) is 5.41 Å². The van der Waals surface area contributed by atoms with E-state index in [0.717, 1.165) is 13.8 Å². The fraction of sp³-hybridized carbons (Fsp3) is 0.667. The van der Waals surface area contributed by atoms with Gasteiger partial charge in [0.05, 0.1) is 0 Å². The van der Waals surface area contributed by atoms with Gasteiger partial charge in [-0.15, -0.1) is 0 Å². The third kappa shape index (κ3) is 7.53. The Hall–Kier alpha value is -2.17. The summed E-state index contributed by atoms with van der Waals surface area (Å²) in [5, 5.41) is 9.34. The molecule has 27 heavy (non-hydrogen) atoms. The summed E-state index contributed by atoms with van der Waals surface area (Å²) in [5.74, 6) is -2.37. The molecule has 1 rings (SSSR count). The minimum absolute atomic E-state index is 0.165.